The number of urea groups is 1. The molecule has 1 unspecified atom stereocenters. The summed E-state index contributed by atoms with van der Waals surface area (Å²) in [7, 11) is 3.88. The first-order chi connectivity index (χ1) is 12.5. The van der Waals surface area contributed by atoms with Gasteiger partial charge in [0.15, 0.2) is 0 Å². The number of benzene rings is 2. The molecular formula is C20H22FN3O2. The topological polar surface area (TPSA) is 57.5 Å². The van der Waals surface area contributed by atoms with Crippen LogP contribution < -0.4 is 10.6 Å². The van der Waals surface area contributed by atoms with Crippen molar-refractivity contribution in [2.45, 2.75) is 12.6 Å². The molecule has 0 fully saturated rings. The van der Waals surface area contributed by atoms with E-state index in [9.17, 15) is 9.18 Å². The van der Waals surface area contributed by atoms with Gasteiger partial charge in [-0.3, -0.25) is 4.90 Å². The Kier molecular flexibility index (Phi) is 5.53. The maximum atomic E-state index is 12.9. The zero-order valence-electron chi connectivity index (χ0n) is 14.8. The number of rotatable bonds is 6. The van der Waals surface area contributed by atoms with Gasteiger partial charge >= 0.3 is 6.03 Å². The molecule has 1 aromatic heterocycles. The third-order valence-corrected chi connectivity index (χ3v) is 4.22. The number of likely N-dealkylation sites (N-methyl/N-ethyl adjacent to an activating group) is 1. The number of hydrogen-bond donors (Lipinski definition) is 2. The minimum Gasteiger partial charge on any atom is -0.459 e. The molecule has 3 rings (SSSR count). The van der Waals surface area contributed by atoms with Crippen molar-refractivity contribution in [1.82, 2.24) is 15.5 Å². The molecule has 0 spiro atoms. The van der Waals surface area contributed by atoms with Gasteiger partial charge in [-0.15, -0.1) is 0 Å². The maximum Gasteiger partial charge on any atom is 0.315 e. The highest BCUT2D eigenvalue weighted by molar-refractivity contribution is 5.78. The lowest BCUT2D eigenvalue weighted by atomic mass is 10.2. The fourth-order valence-corrected chi connectivity index (χ4v) is 2.74. The molecule has 6 heteroatoms. The first-order valence-electron chi connectivity index (χ1n) is 8.44. The number of fused-ring (bicyclic) bond motifs is 1. The van der Waals surface area contributed by atoms with Gasteiger partial charge in [-0.05, 0) is 43.9 Å². The number of hydrogen-bond acceptors (Lipinski definition) is 3. The zero-order valence-corrected chi connectivity index (χ0v) is 14.8. The Morgan fingerprint density at radius 2 is 1.85 bits per heavy atom. The summed E-state index contributed by atoms with van der Waals surface area (Å²) in [6, 6.07) is 15.5. The molecule has 0 saturated carbocycles. The second-order valence-corrected chi connectivity index (χ2v) is 6.36. The lowest BCUT2D eigenvalue weighted by Crippen LogP contribution is -2.40. The van der Waals surface area contributed by atoms with Gasteiger partial charge in [0.2, 0.25) is 0 Å². The van der Waals surface area contributed by atoms with E-state index in [0.29, 0.717) is 13.1 Å². The molecule has 0 saturated heterocycles. The van der Waals surface area contributed by atoms with Crippen molar-refractivity contribution in [2.75, 3.05) is 20.6 Å². The van der Waals surface area contributed by atoms with Gasteiger partial charge in [-0.25, -0.2) is 9.18 Å². The van der Waals surface area contributed by atoms with Crippen LogP contribution >= 0.6 is 0 Å². The standard InChI is InChI=1S/C20H22FN3O2/c1-24(2)17(19-11-15-5-3-4-6-18(15)26-19)13-23-20(25)22-12-14-7-9-16(21)10-8-14/h3-11,17H,12-13H2,1-2H3,(H2,22,23,25). The Balaban J connectivity index is 1.58. The third kappa shape index (κ3) is 4.40. The van der Waals surface area contributed by atoms with Crippen LogP contribution in [0.4, 0.5) is 9.18 Å². The summed E-state index contributed by atoms with van der Waals surface area (Å²) in [4.78, 5) is 14.1. The lowest BCUT2D eigenvalue weighted by molar-refractivity contribution is 0.226. The predicted molar refractivity (Wildman–Crippen MR) is 99.3 cm³/mol. The van der Waals surface area contributed by atoms with Crippen molar-refractivity contribution >= 4 is 17.0 Å². The minimum atomic E-state index is -0.294. The van der Waals surface area contributed by atoms with Gasteiger partial charge in [0, 0.05) is 18.5 Å². The summed E-state index contributed by atoms with van der Waals surface area (Å²) < 4.78 is 18.8. The van der Waals surface area contributed by atoms with Gasteiger partial charge < -0.3 is 15.1 Å². The monoisotopic (exact) mass is 355 g/mol. The molecule has 0 aliphatic rings. The highest BCUT2D eigenvalue weighted by atomic mass is 19.1. The maximum absolute atomic E-state index is 12.9. The first kappa shape index (κ1) is 17.9. The van der Waals surface area contributed by atoms with Crippen LogP contribution in [0.1, 0.15) is 17.4 Å². The van der Waals surface area contributed by atoms with Crippen molar-refractivity contribution in [3.05, 3.63) is 71.7 Å². The number of carbonyl (C=O) groups excluding carboxylic acids is 1. The third-order valence-electron chi connectivity index (χ3n) is 4.22. The van der Waals surface area contributed by atoms with Crippen LogP contribution in [-0.4, -0.2) is 31.6 Å². The van der Waals surface area contributed by atoms with Crippen LogP contribution in [-0.2, 0) is 6.54 Å². The smallest absolute Gasteiger partial charge is 0.315 e. The van der Waals surface area contributed by atoms with E-state index in [0.717, 1.165) is 22.3 Å². The zero-order chi connectivity index (χ0) is 18.5. The number of para-hydroxylation sites is 1. The molecule has 2 amide bonds. The molecule has 2 N–H and O–H groups in total. The second-order valence-electron chi connectivity index (χ2n) is 6.36. The summed E-state index contributed by atoms with van der Waals surface area (Å²) in [5.41, 5.74) is 1.66. The van der Waals surface area contributed by atoms with Crippen LogP contribution in [0.2, 0.25) is 0 Å². The first-order valence-corrected chi connectivity index (χ1v) is 8.44. The van der Waals surface area contributed by atoms with Crippen molar-refractivity contribution in [1.29, 1.82) is 0 Å². The summed E-state index contributed by atoms with van der Waals surface area (Å²) in [6.07, 6.45) is 0. The van der Waals surface area contributed by atoms with E-state index >= 15 is 0 Å². The van der Waals surface area contributed by atoms with E-state index in [-0.39, 0.29) is 17.9 Å². The van der Waals surface area contributed by atoms with E-state index in [1.165, 1.54) is 12.1 Å². The summed E-state index contributed by atoms with van der Waals surface area (Å²) in [6.45, 7) is 0.742. The number of nitrogens with zero attached hydrogens (tertiary/aromatic N) is 1. The number of halogens is 1. The van der Waals surface area contributed by atoms with Crippen LogP contribution in [0.25, 0.3) is 11.0 Å². The van der Waals surface area contributed by atoms with Crippen LogP contribution in [0.15, 0.2) is 59.0 Å². The van der Waals surface area contributed by atoms with Crippen molar-refractivity contribution < 1.29 is 13.6 Å². The molecule has 1 heterocycles. The van der Waals surface area contributed by atoms with E-state index in [4.69, 9.17) is 4.42 Å². The molecule has 2 aromatic carbocycles. The van der Waals surface area contributed by atoms with Gasteiger partial charge in [0.25, 0.3) is 0 Å². The Labute approximate surface area is 151 Å². The number of carbonyl (C=O) groups is 1. The lowest BCUT2D eigenvalue weighted by Gasteiger charge is -2.22. The van der Waals surface area contributed by atoms with Gasteiger partial charge in [0.05, 0.1) is 6.04 Å². The summed E-state index contributed by atoms with van der Waals surface area (Å²) in [5.74, 6) is 0.507. The van der Waals surface area contributed by atoms with Crippen molar-refractivity contribution in [2.24, 2.45) is 0 Å². The molecule has 136 valence electrons. The Morgan fingerprint density at radius 3 is 2.54 bits per heavy atom. The molecular weight excluding hydrogens is 333 g/mol. The highest BCUT2D eigenvalue weighted by Crippen LogP contribution is 2.25. The summed E-state index contributed by atoms with van der Waals surface area (Å²) in [5, 5.41) is 6.67. The molecule has 5 nitrogen and oxygen atoms in total. The van der Waals surface area contributed by atoms with Crippen LogP contribution in [0.3, 0.4) is 0 Å². The van der Waals surface area contributed by atoms with E-state index < -0.39 is 0 Å². The molecule has 0 aliphatic heterocycles. The quantitative estimate of drug-likeness (QED) is 0.709. The Morgan fingerprint density at radius 1 is 1.12 bits per heavy atom. The van der Waals surface area contributed by atoms with Crippen molar-refractivity contribution in [3.63, 3.8) is 0 Å². The molecule has 26 heavy (non-hydrogen) atoms. The largest absolute Gasteiger partial charge is 0.459 e. The SMILES string of the molecule is CN(C)C(CNC(=O)NCc1ccc(F)cc1)c1cc2ccccc2o1. The summed E-state index contributed by atoms with van der Waals surface area (Å²) >= 11 is 0. The Bertz CT molecular complexity index is 841. The van der Waals surface area contributed by atoms with Gasteiger partial charge in [0.1, 0.15) is 17.2 Å². The molecule has 3 aromatic rings. The normalized spacial score (nSPS) is 12.3. The predicted octanol–water partition coefficient (Wildman–Crippen LogP) is 3.67. The molecule has 0 bridgehead atoms. The van der Waals surface area contributed by atoms with E-state index in [2.05, 4.69) is 10.6 Å². The van der Waals surface area contributed by atoms with E-state index in [1.54, 1.807) is 12.1 Å². The van der Waals surface area contributed by atoms with E-state index in [1.807, 2.05) is 49.3 Å². The number of nitrogens with one attached hydrogen (secondary N) is 2. The average molecular weight is 355 g/mol. The number of furan rings is 1. The number of amides is 2. The fourth-order valence-electron chi connectivity index (χ4n) is 2.74. The van der Waals surface area contributed by atoms with Crippen LogP contribution in [0.5, 0.6) is 0 Å². The van der Waals surface area contributed by atoms with Gasteiger partial charge in [-0.1, -0.05) is 30.3 Å². The fraction of sp³-hybridized carbons (Fsp3) is 0.250. The highest BCUT2D eigenvalue weighted by Gasteiger charge is 2.19. The molecule has 0 radical (unpaired) electrons. The molecule has 1 atom stereocenters. The second kappa shape index (κ2) is 8.01. The van der Waals surface area contributed by atoms with Crippen LogP contribution in [0, 0.1) is 5.82 Å². The Hall–Kier alpha value is -2.86. The minimum absolute atomic E-state index is 0.0843. The molecule has 0 aliphatic carbocycles. The van der Waals surface area contributed by atoms with Crippen molar-refractivity contribution in [3.8, 4) is 0 Å². The average Bonchev–Trinajstić information content (AvgIpc) is 3.04. The van der Waals surface area contributed by atoms with Gasteiger partial charge in [-0.2, -0.15) is 0 Å².